The lowest BCUT2D eigenvalue weighted by molar-refractivity contribution is 0.285. The van der Waals surface area contributed by atoms with E-state index in [1.807, 2.05) is 19.9 Å². The van der Waals surface area contributed by atoms with Crippen molar-refractivity contribution in [1.29, 1.82) is 0 Å². The SMILES string of the molecule is Cc1noc2ncnc(NC(C)c3ccc(OCC4CC4)c(F)c3)c12. The van der Waals surface area contributed by atoms with Crippen molar-refractivity contribution in [1.82, 2.24) is 15.1 Å². The fourth-order valence-corrected chi connectivity index (χ4v) is 2.72. The number of nitrogens with zero attached hydrogens (tertiary/aromatic N) is 3. The fraction of sp³-hybridized carbons (Fsp3) is 0.389. The van der Waals surface area contributed by atoms with Gasteiger partial charge in [-0.05, 0) is 50.3 Å². The molecular formula is C18H19FN4O2. The van der Waals surface area contributed by atoms with E-state index in [0.717, 1.165) is 10.9 Å². The third-order valence-corrected chi connectivity index (χ3v) is 4.42. The van der Waals surface area contributed by atoms with Gasteiger partial charge in [0.1, 0.15) is 17.5 Å². The molecule has 25 heavy (non-hydrogen) atoms. The van der Waals surface area contributed by atoms with Gasteiger partial charge in [0.2, 0.25) is 0 Å². The topological polar surface area (TPSA) is 73.1 Å². The van der Waals surface area contributed by atoms with Crippen molar-refractivity contribution in [3.05, 3.63) is 41.6 Å². The van der Waals surface area contributed by atoms with Crippen molar-refractivity contribution in [3.63, 3.8) is 0 Å². The van der Waals surface area contributed by atoms with Gasteiger partial charge in [0, 0.05) is 0 Å². The lowest BCUT2D eigenvalue weighted by Gasteiger charge is -2.16. The number of hydrogen-bond donors (Lipinski definition) is 1. The van der Waals surface area contributed by atoms with Crippen molar-refractivity contribution < 1.29 is 13.7 Å². The average molecular weight is 342 g/mol. The molecular weight excluding hydrogens is 323 g/mol. The third kappa shape index (κ3) is 3.26. The van der Waals surface area contributed by atoms with Crippen LogP contribution in [-0.2, 0) is 0 Å². The number of benzene rings is 1. The first-order valence-corrected chi connectivity index (χ1v) is 8.37. The minimum absolute atomic E-state index is 0.153. The van der Waals surface area contributed by atoms with Crippen LogP contribution in [0.5, 0.6) is 5.75 Å². The van der Waals surface area contributed by atoms with Gasteiger partial charge >= 0.3 is 0 Å². The lowest BCUT2D eigenvalue weighted by atomic mass is 10.1. The summed E-state index contributed by atoms with van der Waals surface area (Å²) in [7, 11) is 0. The molecule has 1 aliphatic rings. The quantitative estimate of drug-likeness (QED) is 0.729. The van der Waals surface area contributed by atoms with E-state index in [4.69, 9.17) is 9.26 Å². The Labute approximate surface area is 144 Å². The number of rotatable bonds is 6. The molecule has 1 N–H and O–H groups in total. The van der Waals surface area contributed by atoms with E-state index in [0.29, 0.717) is 35.5 Å². The van der Waals surface area contributed by atoms with Crippen LogP contribution in [0.3, 0.4) is 0 Å². The van der Waals surface area contributed by atoms with Gasteiger partial charge in [-0.25, -0.2) is 9.37 Å². The fourth-order valence-electron chi connectivity index (χ4n) is 2.72. The Balaban J connectivity index is 1.52. The van der Waals surface area contributed by atoms with Crippen molar-refractivity contribution in [2.24, 2.45) is 5.92 Å². The maximum Gasteiger partial charge on any atom is 0.263 e. The summed E-state index contributed by atoms with van der Waals surface area (Å²) < 4.78 is 25.0. The van der Waals surface area contributed by atoms with E-state index in [-0.39, 0.29) is 11.9 Å². The van der Waals surface area contributed by atoms with Gasteiger partial charge in [0.25, 0.3) is 5.71 Å². The zero-order valence-electron chi connectivity index (χ0n) is 14.1. The molecule has 1 aromatic carbocycles. The first-order chi connectivity index (χ1) is 12.1. The summed E-state index contributed by atoms with van der Waals surface area (Å²) >= 11 is 0. The molecule has 4 rings (SSSR count). The highest BCUT2D eigenvalue weighted by Gasteiger charge is 2.22. The molecule has 0 saturated heterocycles. The van der Waals surface area contributed by atoms with Gasteiger partial charge in [-0.2, -0.15) is 4.98 Å². The van der Waals surface area contributed by atoms with Crippen LogP contribution in [0.25, 0.3) is 11.1 Å². The molecule has 1 unspecified atom stereocenters. The van der Waals surface area contributed by atoms with Crippen LogP contribution < -0.4 is 10.1 Å². The molecule has 2 heterocycles. The summed E-state index contributed by atoms with van der Waals surface area (Å²) in [6.07, 6.45) is 3.77. The Morgan fingerprint density at radius 1 is 1.36 bits per heavy atom. The summed E-state index contributed by atoms with van der Waals surface area (Å²) in [6, 6.07) is 4.89. The van der Waals surface area contributed by atoms with Crippen LogP contribution in [0.4, 0.5) is 10.2 Å². The van der Waals surface area contributed by atoms with E-state index in [1.54, 1.807) is 6.07 Å². The Morgan fingerprint density at radius 2 is 2.20 bits per heavy atom. The van der Waals surface area contributed by atoms with Crippen molar-refractivity contribution in [3.8, 4) is 5.75 Å². The van der Waals surface area contributed by atoms with Crippen LogP contribution in [-0.4, -0.2) is 21.7 Å². The molecule has 0 spiro atoms. The summed E-state index contributed by atoms with van der Waals surface area (Å²) in [5.41, 5.74) is 1.94. The van der Waals surface area contributed by atoms with Crippen LogP contribution in [0, 0.1) is 18.7 Å². The molecule has 0 amide bonds. The number of aromatic nitrogens is 3. The summed E-state index contributed by atoms with van der Waals surface area (Å²) in [4.78, 5) is 8.31. The Hall–Kier alpha value is -2.70. The third-order valence-electron chi connectivity index (χ3n) is 4.42. The van der Waals surface area contributed by atoms with E-state index in [1.165, 1.54) is 25.2 Å². The van der Waals surface area contributed by atoms with Gasteiger partial charge in [-0.3, -0.25) is 0 Å². The van der Waals surface area contributed by atoms with Crippen molar-refractivity contribution in [2.75, 3.05) is 11.9 Å². The highest BCUT2D eigenvalue weighted by molar-refractivity contribution is 5.87. The molecule has 7 heteroatoms. The van der Waals surface area contributed by atoms with Gasteiger partial charge in [-0.1, -0.05) is 11.2 Å². The first kappa shape index (κ1) is 15.8. The number of hydrogen-bond acceptors (Lipinski definition) is 6. The molecule has 0 aliphatic heterocycles. The number of fused-ring (bicyclic) bond motifs is 1. The Kier molecular flexibility index (Phi) is 3.99. The molecule has 0 radical (unpaired) electrons. The zero-order valence-corrected chi connectivity index (χ0v) is 14.1. The molecule has 1 saturated carbocycles. The molecule has 1 fully saturated rings. The number of halogens is 1. The summed E-state index contributed by atoms with van der Waals surface area (Å²) in [5, 5.41) is 7.92. The number of anilines is 1. The highest BCUT2D eigenvalue weighted by atomic mass is 19.1. The second kappa shape index (κ2) is 6.31. The minimum Gasteiger partial charge on any atom is -0.490 e. The predicted octanol–water partition coefficient (Wildman–Crippen LogP) is 4.03. The smallest absolute Gasteiger partial charge is 0.263 e. The molecule has 3 aromatic rings. The standard InChI is InChI=1S/C18H19FN4O2/c1-10(22-17-16-11(2)23-25-18(16)21-9-20-17)13-5-6-15(14(19)7-13)24-8-12-3-4-12/h5-7,9-10,12H,3-4,8H2,1-2H3,(H,20,21,22). The summed E-state index contributed by atoms with van der Waals surface area (Å²) in [5.74, 6) is 1.17. The monoisotopic (exact) mass is 342 g/mol. The van der Waals surface area contributed by atoms with Gasteiger partial charge in [0.15, 0.2) is 11.6 Å². The summed E-state index contributed by atoms with van der Waals surface area (Å²) in [6.45, 7) is 4.36. The van der Waals surface area contributed by atoms with Crippen molar-refractivity contribution in [2.45, 2.75) is 32.7 Å². The molecule has 2 aromatic heterocycles. The average Bonchev–Trinajstić information content (AvgIpc) is 3.36. The van der Waals surface area contributed by atoms with Crippen LogP contribution in [0.2, 0.25) is 0 Å². The van der Waals surface area contributed by atoms with Crippen LogP contribution in [0.1, 0.15) is 37.1 Å². The lowest BCUT2D eigenvalue weighted by Crippen LogP contribution is -2.09. The Morgan fingerprint density at radius 3 is 2.96 bits per heavy atom. The Bertz CT molecular complexity index is 907. The van der Waals surface area contributed by atoms with Gasteiger partial charge in [0.05, 0.1) is 18.3 Å². The molecule has 0 bridgehead atoms. The minimum atomic E-state index is -0.346. The normalized spacial score (nSPS) is 15.3. The second-order valence-corrected chi connectivity index (χ2v) is 6.48. The molecule has 1 atom stereocenters. The predicted molar refractivity (Wildman–Crippen MR) is 91.0 cm³/mol. The first-order valence-electron chi connectivity index (χ1n) is 8.37. The zero-order chi connectivity index (χ0) is 17.4. The van der Waals surface area contributed by atoms with Gasteiger partial charge < -0.3 is 14.6 Å². The maximum atomic E-state index is 14.3. The molecule has 1 aliphatic carbocycles. The number of nitrogens with one attached hydrogen (secondary N) is 1. The molecule has 130 valence electrons. The van der Waals surface area contributed by atoms with E-state index < -0.39 is 0 Å². The van der Waals surface area contributed by atoms with E-state index in [9.17, 15) is 4.39 Å². The van der Waals surface area contributed by atoms with Crippen LogP contribution >= 0.6 is 0 Å². The van der Waals surface area contributed by atoms with Crippen LogP contribution in [0.15, 0.2) is 29.0 Å². The molecule has 6 nitrogen and oxygen atoms in total. The number of aryl methyl sites for hydroxylation is 1. The van der Waals surface area contributed by atoms with E-state index >= 15 is 0 Å². The largest absolute Gasteiger partial charge is 0.490 e. The van der Waals surface area contributed by atoms with E-state index in [2.05, 4.69) is 20.4 Å². The highest BCUT2D eigenvalue weighted by Crippen LogP contribution is 2.31. The van der Waals surface area contributed by atoms with Gasteiger partial charge in [-0.15, -0.1) is 0 Å². The maximum absolute atomic E-state index is 14.3. The van der Waals surface area contributed by atoms with Crippen molar-refractivity contribution >= 4 is 16.9 Å². The number of ether oxygens (including phenoxy) is 1. The second-order valence-electron chi connectivity index (χ2n) is 6.48.